The van der Waals surface area contributed by atoms with Crippen LogP contribution in [0.5, 0.6) is 5.75 Å². The zero-order valence-electron chi connectivity index (χ0n) is 11.3. The van der Waals surface area contributed by atoms with Gasteiger partial charge in [0.2, 0.25) is 0 Å². The first-order chi connectivity index (χ1) is 9.79. The van der Waals surface area contributed by atoms with E-state index in [1.807, 2.05) is 60.0 Å². The Kier molecular flexibility index (Phi) is 3.39. The van der Waals surface area contributed by atoms with E-state index in [2.05, 4.69) is 4.98 Å². The Balaban J connectivity index is 1.92. The predicted octanol–water partition coefficient (Wildman–Crippen LogP) is 2.71. The molecule has 20 heavy (non-hydrogen) atoms. The Morgan fingerprint density at radius 2 is 1.95 bits per heavy atom. The van der Waals surface area contributed by atoms with Crippen molar-refractivity contribution in [1.82, 2.24) is 9.38 Å². The Bertz CT molecular complexity index is 720. The van der Waals surface area contributed by atoms with Crippen molar-refractivity contribution >= 4 is 5.65 Å². The molecule has 1 N–H and O–H groups in total. The number of aliphatic hydroxyl groups excluding tert-OH is 1. The standard InChI is InChI=1S/C16H16N2O2/c1-12-14(10-19)17-16-15(8-5-9-18(12)16)20-11-13-6-3-2-4-7-13/h2-9,19H,10-11H2,1H3. The van der Waals surface area contributed by atoms with Crippen molar-refractivity contribution in [1.29, 1.82) is 0 Å². The summed E-state index contributed by atoms with van der Waals surface area (Å²) < 4.78 is 7.79. The summed E-state index contributed by atoms with van der Waals surface area (Å²) in [5.74, 6) is 0.721. The van der Waals surface area contributed by atoms with E-state index < -0.39 is 0 Å². The van der Waals surface area contributed by atoms with Gasteiger partial charge in [0.25, 0.3) is 0 Å². The first-order valence-electron chi connectivity index (χ1n) is 6.53. The van der Waals surface area contributed by atoms with Gasteiger partial charge in [0.05, 0.1) is 12.3 Å². The molecule has 4 heteroatoms. The molecule has 0 fully saturated rings. The van der Waals surface area contributed by atoms with Gasteiger partial charge in [-0.1, -0.05) is 30.3 Å². The van der Waals surface area contributed by atoms with Crippen molar-refractivity contribution in [3.8, 4) is 5.75 Å². The van der Waals surface area contributed by atoms with Gasteiger partial charge in [-0.15, -0.1) is 0 Å². The molecule has 0 aliphatic heterocycles. The van der Waals surface area contributed by atoms with Gasteiger partial charge in [0, 0.05) is 11.9 Å². The molecule has 2 heterocycles. The maximum atomic E-state index is 9.30. The van der Waals surface area contributed by atoms with Crippen LogP contribution in [0, 0.1) is 6.92 Å². The van der Waals surface area contributed by atoms with Gasteiger partial charge >= 0.3 is 0 Å². The van der Waals surface area contributed by atoms with Gasteiger partial charge in [-0.3, -0.25) is 0 Å². The highest BCUT2D eigenvalue weighted by molar-refractivity contribution is 5.56. The lowest BCUT2D eigenvalue weighted by molar-refractivity contribution is 0.276. The number of imidazole rings is 1. The number of rotatable bonds is 4. The van der Waals surface area contributed by atoms with Crippen molar-refractivity contribution in [3.05, 3.63) is 65.6 Å². The summed E-state index contributed by atoms with van der Waals surface area (Å²) in [6.07, 6.45) is 1.92. The van der Waals surface area contributed by atoms with Crippen LogP contribution >= 0.6 is 0 Å². The van der Waals surface area contributed by atoms with Gasteiger partial charge in [0.1, 0.15) is 6.61 Å². The van der Waals surface area contributed by atoms with Crippen LogP contribution in [0.25, 0.3) is 5.65 Å². The minimum absolute atomic E-state index is 0.0639. The molecule has 0 amide bonds. The van der Waals surface area contributed by atoms with Crippen LogP contribution in [-0.2, 0) is 13.2 Å². The normalized spacial score (nSPS) is 10.9. The lowest BCUT2D eigenvalue weighted by Crippen LogP contribution is -1.97. The van der Waals surface area contributed by atoms with Crippen LogP contribution in [0.2, 0.25) is 0 Å². The average molecular weight is 268 g/mol. The topological polar surface area (TPSA) is 46.8 Å². The minimum Gasteiger partial charge on any atom is -0.485 e. The molecular weight excluding hydrogens is 252 g/mol. The highest BCUT2D eigenvalue weighted by Gasteiger charge is 2.11. The largest absolute Gasteiger partial charge is 0.485 e. The Morgan fingerprint density at radius 3 is 2.70 bits per heavy atom. The second kappa shape index (κ2) is 5.35. The van der Waals surface area contributed by atoms with Gasteiger partial charge in [-0.25, -0.2) is 4.98 Å². The summed E-state index contributed by atoms with van der Waals surface area (Å²) in [7, 11) is 0. The highest BCUT2D eigenvalue weighted by Crippen LogP contribution is 2.22. The summed E-state index contributed by atoms with van der Waals surface area (Å²) in [5.41, 5.74) is 3.47. The molecule has 0 unspecified atom stereocenters. The molecule has 0 radical (unpaired) electrons. The lowest BCUT2D eigenvalue weighted by Gasteiger charge is -2.07. The first-order valence-corrected chi connectivity index (χ1v) is 6.53. The minimum atomic E-state index is -0.0639. The molecule has 0 saturated carbocycles. The third kappa shape index (κ3) is 2.26. The summed E-state index contributed by atoms with van der Waals surface area (Å²) in [4.78, 5) is 4.43. The van der Waals surface area contributed by atoms with Crippen molar-refractivity contribution in [2.24, 2.45) is 0 Å². The second-order valence-corrected chi connectivity index (χ2v) is 4.64. The van der Waals surface area contributed by atoms with Crippen LogP contribution < -0.4 is 4.74 Å². The molecule has 3 aromatic rings. The Labute approximate surface area is 117 Å². The molecule has 1 aromatic carbocycles. The molecule has 0 bridgehead atoms. The number of hydrogen-bond acceptors (Lipinski definition) is 3. The Hall–Kier alpha value is -2.33. The summed E-state index contributed by atoms with van der Waals surface area (Å²) in [5, 5.41) is 9.30. The monoisotopic (exact) mass is 268 g/mol. The fraction of sp³-hybridized carbons (Fsp3) is 0.188. The van der Waals surface area contributed by atoms with Crippen molar-refractivity contribution in [3.63, 3.8) is 0 Å². The fourth-order valence-electron chi connectivity index (χ4n) is 2.21. The number of aryl methyl sites for hydroxylation is 1. The third-order valence-corrected chi connectivity index (χ3v) is 3.34. The maximum absolute atomic E-state index is 9.30. The zero-order chi connectivity index (χ0) is 13.9. The van der Waals surface area contributed by atoms with Crippen LogP contribution in [0.4, 0.5) is 0 Å². The number of aliphatic hydroxyl groups is 1. The van der Waals surface area contributed by atoms with Crippen molar-refractivity contribution in [2.75, 3.05) is 0 Å². The van der Waals surface area contributed by atoms with Crippen LogP contribution in [-0.4, -0.2) is 14.5 Å². The van der Waals surface area contributed by atoms with Gasteiger partial charge in [-0.2, -0.15) is 0 Å². The van der Waals surface area contributed by atoms with E-state index in [1.54, 1.807) is 0 Å². The van der Waals surface area contributed by atoms with E-state index in [0.29, 0.717) is 12.3 Å². The van der Waals surface area contributed by atoms with E-state index in [0.717, 1.165) is 22.7 Å². The number of pyridine rings is 1. The van der Waals surface area contributed by atoms with Crippen molar-refractivity contribution < 1.29 is 9.84 Å². The third-order valence-electron chi connectivity index (χ3n) is 3.34. The zero-order valence-corrected chi connectivity index (χ0v) is 11.3. The lowest BCUT2D eigenvalue weighted by atomic mass is 10.2. The molecule has 0 spiro atoms. The number of aromatic nitrogens is 2. The van der Waals surface area contributed by atoms with Gasteiger partial charge < -0.3 is 14.2 Å². The molecule has 4 nitrogen and oxygen atoms in total. The van der Waals surface area contributed by atoms with Crippen LogP contribution in [0.3, 0.4) is 0 Å². The molecule has 0 aliphatic carbocycles. The smallest absolute Gasteiger partial charge is 0.180 e. The highest BCUT2D eigenvalue weighted by atomic mass is 16.5. The molecule has 0 saturated heterocycles. The molecule has 0 atom stereocenters. The van der Waals surface area contributed by atoms with E-state index in [4.69, 9.17) is 4.74 Å². The maximum Gasteiger partial charge on any atom is 0.180 e. The van der Waals surface area contributed by atoms with E-state index >= 15 is 0 Å². The van der Waals surface area contributed by atoms with Crippen LogP contribution in [0.15, 0.2) is 48.7 Å². The molecule has 2 aromatic heterocycles. The number of nitrogens with zero attached hydrogens (tertiary/aromatic N) is 2. The summed E-state index contributed by atoms with van der Waals surface area (Å²) in [6, 6.07) is 13.8. The summed E-state index contributed by atoms with van der Waals surface area (Å²) >= 11 is 0. The van der Waals surface area contributed by atoms with Gasteiger partial charge in [-0.05, 0) is 24.6 Å². The van der Waals surface area contributed by atoms with Crippen LogP contribution in [0.1, 0.15) is 17.0 Å². The van der Waals surface area contributed by atoms with Gasteiger partial charge in [0.15, 0.2) is 11.4 Å². The average Bonchev–Trinajstić information content (AvgIpc) is 2.83. The molecule has 3 rings (SSSR count). The van der Waals surface area contributed by atoms with E-state index in [9.17, 15) is 5.11 Å². The quantitative estimate of drug-likeness (QED) is 0.791. The molecule has 0 aliphatic rings. The predicted molar refractivity (Wildman–Crippen MR) is 76.6 cm³/mol. The number of ether oxygens (including phenoxy) is 1. The molecule has 102 valence electrons. The SMILES string of the molecule is Cc1c(CO)nc2c(OCc3ccccc3)cccn12. The van der Waals surface area contributed by atoms with E-state index in [1.165, 1.54) is 0 Å². The van der Waals surface area contributed by atoms with Crippen molar-refractivity contribution in [2.45, 2.75) is 20.1 Å². The second-order valence-electron chi connectivity index (χ2n) is 4.64. The fourth-order valence-corrected chi connectivity index (χ4v) is 2.21. The number of hydrogen-bond donors (Lipinski definition) is 1. The Morgan fingerprint density at radius 1 is 1.15 bits per heavy atom. The summed E-state index contributed by atoms with van der Waals surface area (Å²) in [6.45, 7) is 2.37. The molecular formula is C16H16N2O2. The first kappa shape index (κ1) is 12.7. The number of benzene rings is 1. The number of fused-ring (bicyclic) bond motifs is 1. The van der Waals surface area contributed by atoms with E-state index in [-0.39, 0.29) is 6.61 Å².